The average molecular weight is 192 g/mol. The van der Waals surface area contributed by atoms with Gasteiger partial charge in [0.1, 0.15) is 0 Å². The molecule has 0 saturated carbocycles. The average Bonchev–Trinajstić information content (AvgIpc) is 2.61. The zero-order valence-electron chi connectivity index (χ0n) is 7.90. The second-order valence-electron chi connectivity index (χ2n) is 3.12. The summed E-state index contributed by atoms with van der Waals surface area (Å²) in [7, 11) is 1.80. The number of rotatable bonds is 3. The first kappa shape index (κ1) is 9.18. The van der Waals surface area contributed by atoms with E-state index in [9.17, 15) is 5.11 Å². The van der Waals surface area contributed by atoms with Crippen LogP contribution in [0.3, 0.4) is 0 Å². The molecular formula is C10H12N2O2. The Morgan fingerprint density at radius 3 is 3.29 bits per heavy atom. The third-order valence-corrected chi connectivity index (χ3v) is 2.14. The van der Waals surface area contributed by atoms with Gasteiger partial charge in [-0.25, -0.2) is 4.98 Å². The molecule has 2 N–H and O–H groups in total. The lowest BCUT2D eigenvalue weighted by atomic mass is 10.1. The van der Waals surface area contributed by atoms with Gasteiger partial charge in [-0.3, -0.25) is 0 Å². The molecule has 0 fully saturated rings. The van der Waals surface area contributed by atoms with E-state index in [4.69, 9.17) is 4.42 Å². The maximum Gasteiger partial charge on any atom is 0.226 e. The zero-order chi connectivity index (χ0) is 9.97. The van der Waals surface area contributed by atoms with Crippen LogP contribution in [0.2, 0.25) is 0 Å². The minimum atomic E-state index is -0.551. The molecule has 0 aromatic carbocycles. The predicted molar refractivity (Wildman–Crippen MR) is 52.9 cm³/mol. The number of nitrogens with one attached hydrogen (secondary N) is 1. The Balaban J connectivity index is 2.42. The highest BCUT2D eigenvalue weighted by Gasteiger charge is 2.13. The van der Waals surface area contributed by atoms with E-state index in [0.717, 1.165) is 10.9 Å². The van der Waals surface area contributed by atoms with Crippen molar-refractivity contribution in [2.75, 3.05) is 13.6 Å². The number of likely N-dealkylation sites (N-methyl/N-ethyl adjacent to an activating group) is 1. The van der Waals surface area contributed by atoms with E-state index in [1.54, 1.807) is 19.5 Å². The van der Waals surface area contributed by atoms with Crippen molar-refractivity contribution >= 4 is 11.1 Å². The van der Waals surface area contributed by atoms with Crippen LogP contribution in [-0.2, 0) is 0 Å². The van der Waals surface area contributed by atoms with Crippen LogP contribution in [0.1, 0.15) is 11.7 Å². The molecule has 0 saturated heterocycles. The van der Waals surface area contributed by atoms with Crippen LogP contribution in [0.25, 0.3) is 11.1 Å². The molecule has 74 valence electrons. The van der Waals surface area contributed by atoms with Crippen molar-refractivity contribution in [3.63, 3.8) is 0 Å². The van der Waals surface area contributed by atoms with Crippen molar-refractivity contribution in [3.05, 3.63) is 30.2 Å². The van der Waals surface area contributed by atoms with Gasteiger partial charge in [-0.05, 0) is 19.2 Å². The molecule has 0 aliphatic heterocycles. The second kappa shape index (κ2) is 3.77. The predicted octanol–water partition coefficient (Wildman–Crippen LogP) is 1.08. The summed E-state index contributed by atoms with van der Waals surface area (Å²) in [4.78, 5) is 4.05. The van der Waals surface area contributed by atoms with Crippen LogP contribution in [-0.4, -0.2) is 23.7 Å². The summed E-state index contributed by atoms with van der Waals surface area (Å²) in [5.74, 6) is 0. The van der Waals surface area contributed by atoms with Gasteiger partial charge in [0, 0.05) is 23.7 Å². The van der Waals surface area contributed by atoms with Crippen LogP contribution in [0.4, 0.5) is 0 Å². The van der Waals surface area contributed by atoms with Crippen LogP contribution in [0.15, 0.2) is 29.0 Å². The number of nitrogens with zero attached hydrogens (tertiary/aromatic N) is 1. The summed E-state index contributed by atoms with van der Waals surface area (Å²) in [5.41, 5.74) is 1.35. The van der Waals surface area contributed by atoms with Crippen molar-refractivity contribution in [2.45, 2.75) is 6.10 Å². The molecule has 4 nitrogen and oxygen atoms in total. The van der Waals surface area contributed by atoms with Crippen LogP contribution in [0.5, 0.6) is 0 Å². The number of furan rings is 1. The first-order valence-corrected chi connectivity index (χ1v) is 4.47. The molecule has 4 heteroatoms. The van der Waals surface area contributed by atoms with Gasteiger partial charge in [0.25, 0.3) is 0 Å². The number of hydrogen-bond donors (Lipinski definition) is 2. The molecule has 0 radical (unpaired) electrons. The summed E-state index contributed by atoms with van der Waals surface area (Å²) in [6, 6.07) is 3.72. The lowest BCUT2D eigenvalue weighted by Gasteiger charge is -2.06. The van der Waals surface area contributed by atoms with Gasteiger partial charge in [-0.2, -0.15) is 0 Å². The maximum absolute atomic E-state index is 9.76. The summed E-state index contributed by atoms with van der Waals surface area (Å²) in [5, 5.41) is 13.5. The largest absolute Gasteiger partial charge is 0.446 e. The second-order valence-corrected chi connectivity index (χ2v) is 3.12. The molecule has 0 bridgehead atoms. The van der Waals surface area contributed by atoms with Gasteiger partial charge < -0.3 is 14.8 Å². The maximum atomic E-state index is 9.76. The Hall–Kier alpha value is -1.39. The molecule has 2 aromatic heterocycles. The first-order valence-electron chi connectivity index (χ1n) is 4.47. The van der Waals surface area contributed by atoms with Crippen LogP contribution >= 0.6 is 0 Å². The number of aliphatic hydroxyl groups excluding tert-OH is 1. The van der Waals surface area contributed by atoms with E-state index in [1.807, 2.05) is 12.1 Å². The summed E-state index contributed by atoms with van der Waals surface area (Å²) in [6.45, 7) is 0.503. The fourth-order valence-corrected chi connectivity index (χ4v) is 1.45. The van der Waals surface area contributed by atoms with Crippen molar-refractivity contribution in [1.82, 2.24) is 10.3 Å². The van der Waals surface area contributed by atoms with Crippen molar-refractivity contribution in [1.29, 1.82) is 0 Å². The van der Waals surface area contributed by atoms with Crippen LogP contribution < -0.4 is 5.32 Å². The number of aromatic nitrogens is 1. The van der Waals surface area contributed by atoms with E-state index >= 15 is 0 Å². The SMILES string of the molecule is CNCC(O)c1coc2ncccc12. The lowest BCUT2D eigenvalue weighted by molar-refractivity contribution is 0.178. The first-order chi connectivity index (χ1) is 6.83. The van der Waals surface area contributed by atoms with Gasteiger partial charge in [0.15, 0.2) is 0 Å². The molecule has 1 unspecified atom stereocenters. The van der Waals surface area contributed by atoms with Crippen molar-refractivity contribution in [2.24, 2.45) is 0 Å². The number of fused-ring (bicyclic) bond motifs is 1. The number of pyridine rings is 1. The molecular weight excluding hydrogens is 180 g/mol. The Morgan fingerprint density at radius 2 is 2.50 bits per heavy atom. The van der Waals surface area contributed by atoms with E-state index < -0.39 is 6.10 Å². The third-order valence-electron chi connectivity index (χ3n) is 2.14. The normalized spacial score (nSPS) is 13.3. The topological polar surface area (TPSA) is 58.3 Å². The molecule has 0 amide bonds. The number of aliphatic hydroxyl groups is 1. The standard InChI is InChI=1S/C10H12N2O2/c1-11-5-9(13)8-6-14-10-7(8)3-2-4-12-10/h2-4,6,9,11,13H,5H2,1H3. The molecule has 2 heterocycles. The highest BCUT2D eigenvalue weighted by atomic mass is 16.3. The molecule has 0 spiro atoms. The third kappa shape index (κ3) is 1.49. The quantitative estimate of drug-likeness (QED) is 0.764. The Bertz CT molecular complexity index is 425. The highest BCUT2D eigenvalue weighted by Crippen LogP contribution is 2.24. The van der Waals surface area contributed by atoms with Crippen LogP contribution in [0, 0.1) is 0 Å². The number of hydrogen-bond acceptors (Lipinski definition) is 4. The minimum Gasteiger partial charge on any atom is -0.446 e. The Kier molecular flexibility index (Phi) is 2.47. The molecule has 2 aromatic rings. The summed E-state index contributed by atoms with van der Waals surface area (Å²) in [6.07, 6.45) is 2.67. The van der Waals surface area contributed by atoms with E-state index in [2.05, 4.69) is 10.3 Å². The van der Waals surface area contributed by atoms with Gasteiger partial charge in [-0.1, -0.05) is 0 Å². The van der Waals surface area contributed by atoms with E-state index in [-0.39, 0.29) is 0 Å². The molecule has 2 rings (SSSR count). The summed E-state index contributed by atoms with van der Waals surface area (Å²) >= 11 is 0. The Labute approximate surface area is 81.6 Å². The zero-order valence-corrected chi connectivity index (χ0v) is 7.90. The Morgan fingerprint density at radius 1 is 1.64 bits per heavy atom. The van der Waals surface area contributed by atoms with E-state index in [1.165, 1.54) is 0 Å². The lowest BCUT2D eigenvalue weighted by Crippen LogP contribution is -2.16. The fraction of sp³-hybridized carbons (Fsp3) is 0.300. The molecule has 14 heavy (non-hydrogen) atoms. The van der Waals surface area contributed by atoms with Crippen molar-refractivity contribution < 1.29 is 9.52 Å². The van der Waals surface area contributed by atoms with Crippen molar-refractivity contribution in [3.8, 4) is 0 Å². The monoisotopic (exact) mass is 192 g/mol. The smallest absolute Gasteiger partial charge is 0.226 e. The van der Waals surface area contributed by atoms with E-state index in [0.29, 0.717) is 12.3 Å². The summed E-state index contributed by atoms with van der Waals surface area (Å²) < 4.78 is 5.22. The van der Waals surface area contributed by atoms with Gasteiger partial charge in [0.2, 0.25) is 5.71 Å². The van der Waals surface area contributed by atoms with Gasteiger partial charge in [-0.15, -0.1) is 0 Å². The van der Waals surface area contributed by atoms with Gasteiger partial charge in [0.05, 0.1) is 12.4 Å². The van der Waals surface area contributed by atoms with Gasteiger partial charge >= 0.3 is 0 Å². The molecule has 1 atom stereocenters. The molecule has 0 aliphatic carbocycles. The highest BCUT2D eigenvalue weighted by molar-refractivity contribution is 5.77. The molecule has 0 aliphatic rings. The minimum absolute atomic E-state index is 0.503. The fourth-order valence-electron chi connectivity index (χ4n) is 1.45.